The maximum absolute atomic E-state index is 12.2. The van der Waals surface area contributed by atoms with Crippen LogP contribution in [0.25, 0.3) is 0 Å². The Morgan fingerprint density at radius 1 is 1.21 bits per heavy atom. The quantitative estimate of drug-likeness (QED) is 0.806. The van der Waals surface area contributed by atoms with Crippen LogP contribution >= 0.6 is 0 Å². The molecule has 1 saturated carbocycles. The lowest BCUT2D eigenvalue weighted by molar-refractivity contribution is 0.171. The van der Waals surface area contributed by atoms with Crippen molar-refractivity contribution in [2.45, 2.75) is 30.2 Å². The van der Waals surface area contributed by atoms with E-state index >= 15 is 0 Å². The van der Waals surface area contributed by atoms with Gasteiger partial charge in [-0.05, 0) is 37.9 Å². The first kappa shape index (κ1) is 12.9. The van der Waals surface area contributed by atoms with Gasteiger partial charge in [-0.25, -0.2) is 0 Å². The molecule has 1 aromatic rings. The van der Waals surface area contributed by atoms with E-state index in [4.69, 9.17) is 9.47 Å². The average molecular weight is 281 g/mol. The van der Waals surface area contributed by atoms with Gasteiger partial charge >= 0.3 is 0 Å². The Kier molecular flexibility index (Phi) is 4.03. The van der Waals surface area contributed by atoms with Crippen molar-refractivity contribution >= 4 is 10.8 Å². The van der Waals surface area contributed by atoms with Crippen LogP contribution in [0.1, 0.15) is 19.3 Å². The zero-order valence-electron chi connectivity index (χ0n) is 10.9. The fraction of sp³-hybridized carbons (Fsp3) is 0.571. The van der Waals surface area contributed by atoms with Gasteiger partial charge in [-0.1, -0.05) is 0 Å². The minimum Gasteiger partial charge on any atom is -0.486 e. The monoisotopic (exact) mass is 281 g/mol. The smallest absolute Gasteiger partial charge is 0.162 e. The van der Waals surface area contributed by atoms with Gasteiger partial charge < -0.3 is 14.8 Å². The van der Waals surface area contributed by atoms with E-state index in [9.17, 15) is 4.21 Å². The van der Waals surface area contributed by atoms with Crippen molar-refractivity contribution in [3.8, 4) is 11.5 Å². The Morgan fingerprint density at radius 3 is 2.79 bits per heavy atom. The molecule has 1 aliphatic heterocycles. The second-order valence-corrected chi connectivity index (χ2v) is 6.51. The second-order valence-electron chi connectivity index (χ2n) is 4.94. The van der Waals surface area contributed by atoms with Crippen molar-refractivity contribution in [1.29, 1.82) is 0 Å². The minimum atomic E-state index is -0.951. The van der Waals surface area contributed by atoms with E-state index in [-0.39, 0.29) is 0 Å². The van der Waals surface area contributed by atoms with Crippen molar-refractivity contribution in [1.82, 2.24) is 5.32 Å². The molecule has 0 amide bonds. The van der Waals surface area contributed by atoms with Gasteiger partial charge in [0.2, 0.25) is 0 Å². The third kappa shape index (κ3) is 3.48. The summed E-state index contributed by atoms with van der Waals surface area (Å²) >= 11 is 0. The molecule has 3 rings (SSSR count). The fourth-order valence-corrected chi connectivity index (χ4v) is 3.18. The topological polar surface area (TPSA) is 47.6 Å². The minimum absolute atomic E-state index is 0.564. The third-order valence-electron chi connectivity index (χ3n) is 3.29. The standard InChI is InChI=1S/C14H19NO3S/c16-19(9-1-6-15-11-2-3-11)12-4-5-13-14(10-12)18-8-7-17-13/h4-5,10-11,15H,1-3,6-9H2. The SMILES string of the molecule is O=S(CCCNC1CC1)c1ccc2c(c1)OCCO2. The zero-order chi connectivity index (χ0) is 13.1. The van der Waals surface area contributed by atoms with E-state index in [1.54, 1.807) is 0 Å². The molecular weight excluding hydrogens is 262 g/mol. The summed E-state index contributed by atoms with van der Waals surface area (Å²) in [6.45, 7) is 2.11. The van der Waals surface area contributed by atoms with Gasteiger partial charge in [0.15, 0.2) is 11.5 Å². The van der Waals surface area contributed by atoms with Gasteiger partial charge in [0, 0.05) is 22.8 Å². The van der Waals surface area contributed by atoms with Crippen LogP contribution in [0.15, 0.2) is 23.1 Å². The molecule has 1 atom stereocenters. The summed E-state index contributed by atoms with van der Waals surface area (Å²) < 4.78 is 23.1. The average Bonchev–Trinajstić information content (AvgIpc) is 3.27. The highest BCUT2D eigenvalue weighted by molar-refractivity contribution is 7.85. The lowest BCUT2D eigenvalue weighted by atomic mass is 10.3. The summed E-state index contributed by atoms with van der Waals surface area (Å²) in [6.07, 6.45) is 3.54. The molecular formula is C14H19NO3S. The van der Waals surface area contributed by atoms with E-state index in [0.29, 0.717) is 24.7 Å². The molecule has 0 radical (unpaired) electrons. The lowest BCUT2D eigenvalue weighted by Crippen LogP contribution is -2.19. The molecule has 2 aliphatic rings. The number of nitrogens with one attached hydrogen (secondary N) is 1. The molecule has 0 saturated heterocycles. The highest BCUT2D eigenvalue weighted by atomic mass is 32.2. The summed E-state index contributed by atoms with van der Waals surface area (Å²) in [5, 5.41) is 3.43. The van der Waals surface area contributed by atoms with E-state index < -0.39 is 10.8 Å². The molecule has 1 heterocycles. The van der Waals surface area contributed by atoms with Crippen LogP contribution in [-0.4, -0.2) is 35.8 Å². The van der Waals surface area contributed by atoms with Crippen LogP contribution in [0.5, 0.6) is 11.5 Å². The molecule has 0 aromatic heterocycles. The predicted octanol–water partition coefficient (Wildman–Crippen LogP) is 1.71. The van der Waals surface area contributed by atoms with Gasteiger partial charge in [0.25, 0.3) is 0 Å². The molecule has 0 bridgehead atoms. The largest absolute Gasteiger partial charge is 0.486 e. The van der Waals surface area contributed by atoms with E-state index in [1.165, 1.54) is 12.8 Å². The van der Waals surface area contributed by atoms with E-state index in [0.717, 1.165) is 29.7 Å². The van der Waals surface area contributed by atoms with Crippen LogP contribution in [0.2, 0.25) is 0 Å². The van der Waals surface area contributed by atoms with E-state index in [1.807, 2.05) is 18.2 Å². The molecule has 19 heavy (non-hydrogen) atoms. The second kappa shape index (κ2) is 5.92. The number of ether oxygens (including phenoxy) is 2. The van der Waals surface area contributed by atoms with Crippen LogP contribution in [-0.2, 0) is 10.8 Å². The summed E-state index contributed by atoms with van der Waals surface area (Å²) in [7, 11) is -0.951. The van der Waals surface area contributed by atoms with Gasteiger partial charge in [0.1, 0.15) is 13.2 Å². The fourth-order valence-electron chi connectivity index (χ4n) is 2.08. The summed E-state index contributed by atoms with van der Waals surface area (Å²) in [6, 6.07) is 6.30. The van der Waals surface area contributed by atoms with Crippen molar-refractivity contribution in [3.63, 3.8) is 0 Å². The third-order valence-corrected chi connectivity index (χ3v) is 4.73. The number of benzene rings is 1. The van der Waals surface area contributed by atoms with Gasteiger partial charge in [-0.2, -0.15) is 0 Å². The highest BCUT2D eigenvalue weighted by Crippen LogP contribution is 2.31. The molecule has 1 aliphatic carbocycles. The Hall–Kier alpha value is -1.07. The number of hydrogen-bond acceptors (Lipinski definition) is 4. The lowest BCUT2D eigenvalue weighted by Gasteiger charge is -2.18. The van der Waals surface area contributed by atoms with Crippen LogP contribution in [0, 0.1) is 0 Å². The highest BCUT2D eigenvalue weighted by Gasteiger charge is 2.19. The van der Waals surface area contributed by atoms with Gasteiger partial charge in [0.05, 0.1) is 10.8 Å². The number of hydrogen-bond donors (Lipinski definition) is 1. The van der Waals surface area contributed by atoms with Gasteiger partial charge in [-0.3, -0.25) is 4.21 Å². The molecule has 4 nitrogen and oxygen atoms in total. The molecule has 1 N–H and O–H groups in total. The van der Waals surface area contributed by atoms with Crippen molar-refractivity contribution in [3.05, 3.63) is 18.2 Å². The zero-order valence-corrected chi connectivity index (χ0v) is 11.7. The van der Waals surface area contributed by atoms with Crippen LogP contribution in [0.3, 0.4) is 0 Å². The number of fused-ring (bicyclic) bond motifs is 1. The first-order valence-electron chi connectivity index (χ1n) is 6.84. The first-order valence-corrected chi connectivity index (χ1v) is 8.16. The van der Waals surface area contributed by atoms with Gasteiger partial charge in [-0.15, -0.1) is 0 Å². The van der Waals surface area contributed by atoms with Crippen molar-refractivity contribution in [2.24, 2.45) is 0 Å². The molecule has 1 fully saturated rings. The summed E-state index contributed by atoms with van der Waals surface area (Å²) in [5.41, 5.74) is 0. The predicted molar refractivity (Wildman–Crippen MR) is 74.3 cm³/mol. The normalized spacial score (nSPS) is 19.2. The molecule has 5 heteroatoms. The molecule has 1 unspecified atom stereocenters. The van der Waals surface area contributed by atoms with Crippen LogP contribution in [0.4, 0.5) is 0 Å². The molecule has 0 spiro atoms. The first-order chi connectivity index (χ1) is 9.33. The maximum Gasteiger partial charge on any atom is 0.162 e. The Bertz CT molecular complexity index is 474. The summed E-state index contributed by atoms with van der Waals surface area (Å²) in [5.74, 6) is 2.16. The maximum atomic E-state index is 12.2. The van der Waals surface area contributed by atoms with Crippen molar-refractivity contribution < 1.29 is 13.7 Å². The van der Waals surface area contributed by atoms with E-state index in [2.05, 4.69) is 5.32 Å². The summed E-state index contributed by atoms with van der Waals surface area (Å²) in [4.78, 5) is 0.829. The van der Waals surface area contributed by atoms with Crippen LogP contribution < -0.4 is 14.8 Å². The number of rotatable bonds is 6. The molecule has 1 aromatic carbocycles. The molecule has 104 valence electrons. The Balaban J connectivity index is 1.53. The Labute approximate surface area is 115 Å². The Morgan fingerprint density at radius 2 is 2.00 bits per heavy atom. The van der Waals surface area contributed by atoms with Crippen molar-refractivity contribution in [2.75, 3.05) is 25.5 Å².